The van der Waals surface area contributed by atoms with Crippen molar-refractivity contribution in [2.45, 2.75) is 51.6 Å². The van der Waals surface area contributed by atoms with E-state index >= 15 is 0 Å². The predicted octanol–water partition coefficient (Wildman–Crippen LogP) is 3.16. The van der Waals surface area contributed by atoms with E-state index in [2.05, 4.69) is 11.9 Å². The van der Waals surface area contributed by atoms with Gasteiger partial charge < -0.3 is 5.11 Å². The van der Waals surface area contributed by atoms with Crippen LogP contribution in [0.3, 0.4) is 0 Å². The second-order valence-electron chi connectivity index (χ2n) is 4.15. The van der Waals surface area contributed by atoms with Gasteiger partial charge in [-0.1, -0.05) is 12.8 Å². The average molecular weight is 211 g/mol. The van der Waals surface area contributed by atoms with E-state index in [1.165, 1.54) is 36.3 Å². The molecule has 2 rings (SSSR count). The highest BCUT2D eigenvalue weighted by Gasteiger charge is 2.22. The Morgan fingerprint density at radius 1 is 1.43 bits per heavy atom. The third kappa shape index (κ3) is 1.84. The summed E-state index contributed by atoms with van der Waals surface area (Å²) in [5.41, 5.74) is 1.25. The summed E-state index contributed by atoms with van der Waals surface area (Å²) < 4.78 is 0. The third-order valence-corrected chi connectivity index (χ3v) is 4.11. The fraction of sp³-hybridized carbons (Fsp3) is 0.727. The second kappa shape index (κ2) is 3.99. The fourth-order valence-electron chi connectivity index (χ4n) is 2.19. The predicted molar refractivity (Wildman–Crippen MR) is 58.7 cm³/mol. The molecular weight excluding hydrogens is 194 g/mol. The van der Waals surface area contributed by atoms with Crippen LogP contribution in [0.15, 0.2) is 0 Å². The van der Waals surface area contributed by atoms with Gasteiger partial charge in [0.2, 0.25) is 0 Å². The van der Waals surface area contributed by atoms with Crippen LogP contribution in [-0.2, 0) is 0 Å². The monoisotopic (exact) mass is 211 g/mol. The molecule has 1 aliphatic rings. The summed E-state index contributed by atoms with van der Waals surface area (Å²) in [6.45, 7) is 3.91. The topological polar surface area (TPSA) is 33.1 Å². The zero-order valence-corrected chi connectivity index (χ0v) is 9.60. The van der Waals surface area contributed by atoms with Gasteiger partial charge >= 0.3 is 0 Å². The zero-order chi connectivity index (χ0) is 10.1. The smallest absolute Gasteiger partial charge is 0.121 e. The van der Waals surface area contributed by atoms with Gasteiger partial charge in [-0.05, 0) is 26.7 Å². The van der Waals surface area contributed by atoms with Crippen molar-refractivity contribution in [3.8, 4) is 0 Å². The molecule has 1 heterocycles. The molecule has 0 amide bonds. The molecule has 3 heteroatoms. The van der Waals surface area contributed by atoms with Crippen LogP contribution in [0.25, 0.3) is 0 Å². The van der Waals surface area contributed by atoms with Gasteiger partial charge in [0.1, 0.15) is 11.1 Å². The number of aryl methyl sites for hydroxylation is 1. The number of aromatic nitrogens is 1. The molecule has 0 aromatic carbocycles. The fourth-order valence-corrected chi connectivity index (χ4v) is 3.13. The van der Waals surface area contributed by atoms with Crippen LogP contribution in [0.1, 0.15) is 60.2 Å². The van der Waals surface area contributed by atoms with E-state index in [-0.39, 0.29) is 0 Å². The molecule has 0 saturated heterocycles. The molecule has 14 heavy (non-hydrogen) atoms. The van der Waals surface area contributed by atoms with Gasteiger partial charge in [0.15, 0.2) is 0 Å². The van der Waals surface area contributed by atoms with E-state index in [4.69, 9.17) is 0 Å². The maximum absolute atomic E-state index is 9.45. The average Bonchev–Trinajstić information content (AvgIpc) is 2.71. The minimum absolute atomic E-state index is 0.408. The summed E-state index contributed by atoms with van der Waals surface area (Å²) in [6.07, 6.45) is 4.83. The number of thiazole rings is 1. The normalized spacial score (nSPS) is 20.2. The van der Waals surface area contributed by atoms with Gasteiger partial charge in [0, 0.05) is 10.8 Å². The van der Waals surface area contributed by atoms with Crippen molar-refractivity contribution in [1.29, 1.82) is 0 Å². The minimum Gasteiger partial charge on any atom is -0.386 e. The van der Waals surface area contributed by atoms with Crippen LogP contribution in [0, 0.1) is 6.92 Å². The molecule has 1 fully saturated rings. The summed E-state index contributed by atoms with van der Waals surface area (Å²) >= 11 is 1.65. The van der Waals surface area contributed by atoms with Crippen LogP contribution < -0.4 is 0 Å². The summed E-state index contributed by atoms with van der Waals surface area (Å²) in [5.74, 6) is 0.666. The lowest BCUT2D eigenvalue weighted by atomic mass is 10.0. The molecule has 1 aromatic heterocycles. The highest BCUT2D eigenvalue weighted by Crippen LogP contribution is 2.37. The van der Waals surface area contributed by atoms with Crippen molar-refractivity contribution < 1.29 is 5.11 Å². The van der Waals surface area contributed by atoms with Crippen molar-refractivity contribution in [3.63, 3.8) is 0 Å². The van der Waals surface area contributed by atoms with Crippen LogP contribution in [0.2, 0.25) is 0 Å². The summed E-state index contributed by atoms with van der Waals surface area (Å²) in [4.78, 5) is 5.86. The van der Waals surface area contributed by atoms with Gasteiger partial charge in [-0.2, -0.15) is 0 Å². The van der Waals surface area contributed by atoms with Gasteiger partial charge in [0.25, 0.3) is 0 Å². The highest BCUT2D eigenvalue weighted by molar-refractivity contribution is 7.11. The highest BCUT2D eigenvalue weighted by atomic mass is 32.1. The first-order chi connectivity index (χ1) is 6.68. The lowest BCUT2D eigenvalue weighted by Gasteiger charge is -2.05. The molecule has 1 unspecified atom stereocenters. The van der Waals surface area contributed by atoms with Gasteiger partial charge in [-0.25, -0.2) is 4.98 Å². The standard InChI is InChI=1S/C11H17NOS/c1-7(13)11-12-10(8(2)14-11)9-5-3-4-6-9/h7,9,13H,3-6H2,1-2H3. The molecule has 2 nitrogen and oxygen atoms in total. The Hall–Kier alpha value is -0.410. The lowest BCUT2D eigenvalue weighted by molar-refractivity contribution is 0.198. The maximum Gasteiger partial charge on any atom is 0.121 e. The summed E-state index contributed by atoms with van der Waals surface area (Å²) in [6, 6.07) is 0. The van der Waals surface area contributed by atoms with E-state index < -0.39 is 6.10 Å². The number of aliphatic hydroxyl groups is 1. The Balaban J connectivity index is 2.24. The molecule has 78 valence electrons. The third-order valence-electron chi connectivity index (χ3n) is 2.95. The summed E-state index contributed by atoms with van der Waals surface area (Å²) in [7, 11) is 0. The van der Waals surface area contributed by atoms with Crippen molar-refractivity contribution in [1.82, 2.24) is 4.98 Å². The molecule has 1 saturated carbocycles. The van der Waals surface area contributed by atoms with Crippen molar-refractivity contribution in [2.24, 2.45) is 0 Å². The van der Waals surface area contributed by atoms with Gasteiger partial charge in [0.05, 0.1) is 5.69 Å². The first-order valence-electron chi connectivity index (χ1n) is 5.33. The summed E-state index contributed by atoms with van der Waals surface area (Å²) in [5, 5.41) is 10.3. The number of hydrogen-bond acceptors (Lipinski definition) is 3. The quantitative estimate of drug-likeness (QED) is 0.815. The molecule has 1 aliphatic carbocycles. The largest absolute Gasteiger partial charge is 0.386 e. The van der Waals surface area contributed by atoms with Gasteiger partial charge in [-0.3, -0.25) is 0 Å². The number of aliphatic hydroxyl groups excluding tert-OH is 1. The van der Waals surface area contributed by atoms with Gasteiger partial charge in [-0.15, -0.1) is 11.3 Å². The maximum atomic E-state index is 9.45. The van der Waals surface area contributed by atoms with E-state index in [1.807, 2.05) is 0 Å². The van der Waals surface area contributed by atoms with Crippen molar-refractivity contribution >= 4 is 11.3 Å². The Morgan fingerprint density at radius 2 is 2.07 bits per heavy atom. The van der Waals surface area contributed by atoms with E-state index in [1.54, 1.807) is 18.3 Å². The molecule has 0 radical (unpaired) electrons. The van der Waals surface area contributed by atoms with E-state index in [9.17, 15) is 5.11 Å². The van der Waals surface area contributed by atoms with Crippen LogP contribution in [0.4, 0.5) is 0 Å². The van der Waals surface area contributed by atoms with Crippen LogP contribution in [0.5, 0.6) is 0 Å². The second-order valence-corrected chi connectivity index (χ2v) is 5.39. The molecule has 1 atom stereocenters. The van der Waals surface area contributed by atoms with Crippen molar-refractivity contribution in [2.75, 3.05) is 0 Å². The number of hydrogen-bond donors (Lipinski definition) is 1. The molecule has 1 N–H and O–H groups in total. The first-order valence-corrected chi connectivity index (χ1v) is 6.15. The Bertz CT molecular complexity index is 313. The van der Waals surface area contributed by atoms with Crippen molar-refractivity contribution in [3.05, 3.63) is 15.6 Å². The Kier molecular flexibility index (Phi) is 2.88. The van der Waals surface area contributed by atoms with E-state index in [0.717, 1.165) is 5.01 Å². The number of nitrogens with zero attached hydrogens (tertiary/aromatic N) is 1. The molecule has 0 spiro atoms. The SMILES string of the molecule is Cc1sc(C(C)O)nc1C1CCCC1. The lowest BCUT2D eigenvalue weighted by Crippen LogP contribution is -1.96. The van der Waals surface area contributed by atoms with E-state index in [0.29, 0.717) is 5.92 Å². The first kappa shape index (κ1) is 10.1. The van der Waals surface area contributed by atoms with Crippen LogP contribution >= 0.6 is 11.3 Å². The Labute approximate surface area is 89.0 Å². The molecule has 0 bridgehead atoms. The zero-order valence-electron chi connectivity index (χ0n) is 8.79. The molecule has 1 aromatic rings. The van der Waals surface area contributed by atoms with Crippen LogP contribution in [-0.4, -0.2) is 10.1 Å². The molecule has 0 aliphatic heterocycles. The number of rotatable bonds is 2. The minimum atomic E-state index is -0.408. The molecular formula is C11H17NOS. The Morgan fingerprint density at radius 3 is 2.57 bits per heavy atom.